The van der Waals surface area contributed by atoms with E-state index in [1.54, 1.807) is 0 Å². The zero-order valence-electron chi connectivity index (χ0n) is 12.2. The number of anilines is 1. The Kier molecular flexibility index (Phi) is 3.91. The minimum absolute atomic E-state index is 0.299. The number of carbonyl (C=O) groups is 1. The molecule has 2 rings (SSSR count). The molecule has 104 valence electrons. The van der Waals surface area contributed by atoms with E-state index in [-0.39, 0.29) is 5.91 Å². The highest BCUT2D eigenvalue weighted by Crippen LogP contribution is 2.40. The summed E-state index contributed by atoms with van der Waals surface area (Å²) in [4.78, 5) is 11.3. The molecule has 0 aliphatic heterocycles. The van der Waals surface area contributed by atoms with E-state index >= 15 is 0 Å². The van der Waals surface area contributed by atoms with Gasteiger partial charge in [0.1, 0.15) is 12.1 Å². The lowest BCUT2D eigenvalue weighted by atomic mass is 10.0. The molecular weight excluding hydrogens is 262 g/mol. The minimum atomic E-state index is -0.299. The monoisotopic (exact) mass is 277 g/mol. The van der Waals surface area contributed by atoms with Crippen LogP contribution in [0.3, 0.4) is 0 Å². The second kappa shape index (κ2) is 5.64. The normalized spacial score (nSPS) is 10.2. The van der Waals surface area contributed by atoms with E-state index in [9.17, 15) is 15.3 Å². The molecule has 1 N–H and O–H groups in total. The molecule has 0 heterocycles. The average molecular weight is 277 g/mol. The molecular formula is C17H15N3O. The first-order valence-electron chi connectivity index (χ1n) is 6.67. The molecule has 0 aromatic rings. The number of rotatable bonds is 2. The van der Waals surface area contributed by atoms with E-state index in [1.165, 1.54) is 6.92 Å². The van der Waals surface area contributed by atoms with Crippen LogP contribution in [0, 0.1) is 22.7 Å². The maximum absolute atomic E-state index is 11.3. The molecule has 1 amide bonds. The van der Waals surface area contributed by atoms with Crippen LogP contribution >= 0.6 is 0 Å². The molecule has 2 aliphatic carbocycles. The van der Waals surface area contributed by atoms with E-state index in [1.807, 2.05) is 24.3 Å². The van der Waals surface area contributed by atoms with Gasteiger partial charge in [-0.25, -0.2) is 0 Å². The first-order valence-corrected chi connectivity index (χ1v) is 6.67. The van der Waals surface area contributed by atoms with Crippen molar-refractivity contribution in [3.8, 4) is 23.3 Å². The topological polar surface area (TPSA) is 76.7 Å². The van der Waals surface area contributed by atoms with Crippen LogP contribution in [-0.4, -0.2) is 5.91 Å². The van der Waals surface area contributed by atoms with Gasteiger partial charge in [0.2, 0.25) is 5.91 Å². The molecule has 2 aliphatic rings. The summed E-state index contributed by atoms with van der Waals surface area (Å²) in [5.41, 5.74) is 3.45. The summed E-state index contributed by atoms with van der Waals surface area (Å²) < 4.78 is 0. The Morgan fingerprint density at radius 2 is 1.76 bits per heavy atom. The summed E-state index contributed by atoms with van der Waals surface area (Å²) in [5.74, 6) is 0.00330. The van der Waals surface area contributed by atoms with Crippen molar-refractivity contribution in [3.63, 3.8) is 0 Å². The van der Waals surface area contributed by atoms with Crippen molar-refractivity contribution < 1.29 is 4.79 Å². The summed E-state index contributed by atoms with van der Waals surface area (Å²) in [6.45, 7) is 5.49. The van der Waals surface area contributed by atoms with Crippen LogP contribution in [-0.2, 0) is 4.79 Å². The fourth-order valence-corrected chi connectivity index (χ4v) is 2.35. The van der Waals surface area contributed by atoms with Crippen LogP contribution in [0.4, 0.5) is 5.69 Å². The van der Waals surface area contributed by atoms with Crippen molar-refractivity contribution in [1.82, 2.24) is 0 Å². The lowest BCUT2D eigenvalue weighted by Gasteiger charge is -2.02. The van der Waals surface area contributed by atoms with Crippen LogP contribution in [0.2, 0.25) is 0 Å². The van der Waals surface area contributed by atoms with Gasteiger partial charge in [0.15, 0.2) is 0 Å². The van der Waals surface area contributed by atoms with Gasteiger partial charge in [-0.3, -0.25) is 4.79 Å². The van der Waals surface area contributed by atoms with Crippen LogP contribution in [0.25, 0.3) is 11.1 Å². The van der Waals surface area contributed by atoms with Gasteiger partial charge in [0, 0.05) is 18.1 Å². The molecule has 0 unspecified atom stereocenters. The fourth-order valence-electron chi connectivity index (χ4n) is 2.35. The molecule has 0 aromatic carbocycles. The third-order valence-corrected chi connectivity index (χ3v) is 3.38. The van der Waals surface area contributed by atoms with Crippen LogP contribution in [0.5, 0.6) is 0 Å². The molecule has 4 nitrogen and oxygen atoms in total. The highest BCUT2D eigenvalue weighted by molar-refractivity contribution is 5.99. The number of fused-ring (bicyclic) bond motifs is 1. The number of carbonyl (C=O) groups excluding carboxylic acids is 1. The fraction of sp³-hybridized carbons (Fsp3) is 0.235. The number of nitrogens with one attached hydrogen (secondary N) is 1. The largest absolute Gasteiger partial charge is 0.324 e. The molecule has 21 heavy (non-hydrogen) atoms. The van der Waals surface area contributed by atoms with Crippen LogP contribution in [0.1, 0.15) is 43.4 Å². The highest BCUT2D eigenvalue weighted by Gasteiger charge is 2.23. The first-order chi connectivity index (χ1) is 9.99. The van der Waals surface area contributed by atoms with E-state index < -0.39 is 0 Å². The van der Waals surface area contributed by atoms with Gasteiger partial charge < -0.3 is 5.32 Å². The quantitative estimate of drug-likeness (QED) is 0.910. The van der Waals surface area contributed by atoms with Crippen molar-refractivity contribution in [3.05, 3.63) is 41.0 Å². The summed E-state index contributed by atoms with van der Waals surface area (Å²) in [5, 5.41) is 21.4. The predicted molar refractivity (Wildman–Crippen MR) is 80.9 cm³/mol. The Balaban J connectivity index is 2.84. The summed E-state index contributed by atoms with van der Waals surface area (Å²) >= 11 is 0. The molecule has 0 radical (unpaired) electrons. The molecule has 0 fully saturated rings. The molecule has 0 saturated heterocycles. The Labute approximate surface area is 124 Å². The molecule has 0 aromatic heterocycles. The highest BCUT2D eigenvalue weighted by atomic mass is 16.1. The van der Waals surface area contributed by atoms with E-state index in [2.05, 4.69) is 31.3 Å². The Morgan fingerprint density at radius 1 is 1.14 bits per heavy atom. The summed E-state index contributed by atoms with van der Waals surface area (Å²) in [6.07, 6.45) is 0. The number of hydrogen-bond acceptors (Lipinski definition) is 3. The van der Waals surface area contributed by atoms with E-state index in [0.717, 1.165) is 5.56 Å². The maximum atomic E-state index is 11.3. The molecule has 0 atom stereocenters. The second-order valence-corrected chi connectivity index (χ2v) is 5.18. The standard InChI is InChI=1S/C17H15N3O/c1-10(2)12-5-4-6-13-14(7-12)16(9-19)17(15(13)8-18)20-11(3)21/h4-7,10H,1-3H3,(H,20,21). The summed E-state index contributed by atoms with van der Waals surface area (Å²) in [6, 6.07) is 11.8. The third kappa shape index (κ3) is 2.57. The van der Waals surface area contributed by atoms with Crippen LogP contribution < -0.4 is 5.32 Å². The van der Waals surface area contributed by atoms with Crippen LogP contribution in [0.15, 0.2) is 24.3 Å². The Bertz CT molecular complexity index is 763. The van der Waals surface area contributed by atoms with Crippen molar-refractivity contribution >= 4 is 11.6 Å². The Morgan fingerprint density at radius 3 is 2.29 bits per heavy atom. The zero-order chi connectivity index (χ0) is 15.6. The average Bonchev–Trinajstić information content (AvgIpc) is 2.57. The molecule has 0 saturated carbocycles. The van der Waals surface area contributed by atoms with Crippen molar-refractivity contribution in [2.45, 2.75) is 26.7 Å². The molecule has 0 spiro atoms. The minimum Gasteiger partial charge on any atom is -0.324 e. The van der Waals surface area contributed by atoms with Crippen molar-refractivity contribution in [1.29, 1.82) is 10.5 Å². The van der Waals surface area contributed by atoms with Crippen molar-refractivity contribution in [2.75, 3.05) is 5.32 Å². The van der Waals surface area contributed by atoms with Gasteiger partial charge in [-0.05, 0) is 17.5 Å². The SMILES string of the molecule is CC(=O)Nc1c(C#N)c2cccc(C(C)C)cc-2c1C#N. The number of amides is 1. The third-order valence-electron chi connectivity index (χ3n) is 3.38. The molecule has 4 heteroatoms. The lowest BCUT2D eigenvalue weighted by molar-refractivity contribution is -0.114. The van der Waals surface area contributed by atoms with Crippen molar-refractivity contribution in [2.24, 2.45) is 0 Å². The van der Waals surface area contributed by atoms with Gasteiger partial charge in [0.25, 0.3) is 0 Å². The maximum Gasteiger partial charge on any atom is 0.221 e. The summed E-state index contributed by atoms with van der Waals surface area (Å²) in [7, 11) is 0. The lowest BCUT2D eigenvalue weighted by Crippen LogP contribution is -2.07. The smallest absolute Gasteiger partial charge is 0.221 e. The first kappa shape index (κ1) is 14.6. The second-order valence-electron chi connectivity index (χ2n) is 5.18. The predicted octanol–water partition coefficient (Wildman–Crippen LogP) is 3.62. The molecule has 0 bridgehead atoms. The van der Waals surface area contributed by atoms with Gasteiger partial charge in [-0.2, -0.15) is 10.5 Å². The van der Waals surface area contributed by atoms with E-state index in [0.29, 0.717) is 33.9 Å². The van der Waals surface area contributed by atoms with Gasteiger partial charge >= 0.3 is 0 Å². The van der Waals surface area contributed by atoms with Gasteiger partial charge in [-0.1, -0.05) is 32.0 Å². The van der Waals surface area contributed by atoms with Gasteiger partial charge in [-0.15, -0.1) is 0 Å². The van der Waals surface area contributed by atoms with Gasteiger partial charge in [0.05, 0.1) is 16.8 Å². The number of nitrogens with zero attached hydrogens (tertiary/aromatic N) is 2. The van der Waals surface area contributed by atoms with E-state index in [4.69, 9.17) is 0 Å². The number of hydrogen-bond donors (Lipinski definition) is 1. The zero-order valence-corrected chi connectivity index (χ0v) is 12.2. The Hall–Kier alpha value is -2.85. The number of nitriles is 2.